The van der Waals surface area contributed by atoms with Crippen molar-refractivity contribution >= 4 is 34.7 Å². The molecule has 0 saturated carbocycles. The maximum atomic E-state index is 13.3. The molecule has 1 amide bonds. The second-order valence-corrected chi connectivity index (χ2v) is 8.54. The van der Waals surface area contributed by atoms with Crippen LogP contribution in [0.2, 0.25) is 5.02 Å². The van der Waals surface area contributed by atoms with Crippen LogP contribution in [0.1, 0.15) is 22.7 Å². The molecule has 3 aromatic carbocycles. The number of phenolic OH excluding ortho intramolecular Hbond substituents is 1. The van der Waals surface area contributed by atoms with Crippen LogP contribution in [-0.4, -0.2) is 35.4 Å². The number of benzene rings is 3. The van der Waals surface area contributed by atoms with Crippen molar-refractivity contribution in [3.63, 3.8) is 0 Å². The Bertz CT molecular complexity index is 1420. The molecule has 1 atom stereocenters. The minimum Gasteiger partial charge on any atom is -0.508 e. The van der Waals surface area contributed by atoms with Crippen molar-refractivity contribution in [1.82, 2.24) is 0 Å². The Morgan fingerprint density at radius 3 is 2.35 bits per heavy atom. The Morgan fingerprint density at radius 2 is 1.73 bits per heavy atom. The van der Waals surface area contributed by atoms with Gasteiger partial charge in [0.15, 0.2) is 0 Å². The van der Waals surface area contributed by atoms with Crippen molar-refractivity contribution in [3.05, 3.63) is 87.9 Å². The molecule has 1 aliphatic rings. The lowest BCUT2D eigenvalue weighted by Gasteiger charge is -2.26. The number of aryl methyl sites for hydroxylation is 1. The Balaban J connectivity index is 1.96. The van der Waals surface area contributed by atoms with Gasteiger partial charge in [0, 0.05) is 11.8 Å². The summed E-state index contributed by atoms with van der Waals surface area (Å²) < 4.78 is 47.7. The number of phenols is 1. The molecule has 1 unspecified atom stereocenters. The number of amides is 1. The van der Waals surface area contributed by atoms with Crippen LogP contribution >= 0.6 is 11.6 Å². The number of ketones is 1. The second kappa shape index (κ2) is 9.70. The number of carbonyl (C=O) groups is 2. The molecule has 37 heavy (non-hydrogen) atoms. The molecule has 1 saturated heterocycles. The van der Waals surface area contributed by atoms with Gasteiger partial charge in [0.05, 0.1) is 29.3 Å². The molecule has 1 aliphatic heterocycles. The predicted octanol–water partition coefficient (Wildman–Crippen LogP) is 5.89. The normalized spacial score (nSPS) is 17.2. The van der Waals surface area contributed by atoms with Crippen molar-refractivity contribution in [1.29, 1.82) is 0 Å². The van der Waals surface area contributed by atoms with E-state index in [2.05, 4.69) is 4.74 Å². The van der Waals surface area contributed by atoms with Crippen molar-refractivity contribution in [2.45, 2.75) is 19.3 Å². The fraction of sp³-hybridized carbons (Fsp3) is 0.154. The molecule has 3 aromatic rings. The lowest BCUT2D eigenvalue weighted by Crippen LogP contribution is -2.29. The van der Waals surface area contributed by atoms with Crippen LogP contribution in [0.15, 0.2) is 66.2 Å². The number of Topliss-reactive ketones (excluding diaryl/α,β-unsaturated/α-hetero) is 1. The SMILES string of the molecule is COc1c(Cl)cc(C)cc1/C(O)=C1\C(=O)C(=O)N(c2cccc(OC(F)(F)F)c2)C1c1ccc(O)cc1. The predicted molar refractivity (Wildman–Crippen MR) is 129 cm³/mol. The third-order valence-electron chi connectivity index (χ3n) is 5.63. The highest BCUT2D eigenvalue weighted by atomic mass is 35.5. The lowest BCUT2D eigenvalue weighted by atomic mass is 9.94. The van der Waals surface area contributed by atoms with Crippen molar-refractivity contribution in [2.24, 2.45) is 0 Å². The van der Waals surface area contributed by atoms with Gasteiger partial charge in [-0.25, -0.2) is 0 Å². The van der Waals surface area contributed by atoms with Gasteiger partial charge in [0.2, 0.25) is 0 Å². The van der Waals surface area contributed by atoms with Crippen LogP contribution in [0.5, 0.6) is 17.2 Å². The number of carbonyl (C=O) groups excluding carboxylic acids is 2. The zero-order valence-corrected chi connectivity index (χ0v) is 20.1. The number of rotatable bonds is 5. The fourth-order valence-electron chi connectivity index (χ4n) is 4.16. The van der Waals surface area contributed by atoms with Crippen LogP contribution < -0.4 is 14.4 Å². The number of halogens is 4. The maximum absolute atomic E-state index is 13.3. The number of hydrogen-bond donors (Lipinski definition) is 2. The summed E-state index contributed by atoms with van der Waals surface area (Å²) in [7, 11) is 1.32. The first-order valence-electron chi connectivity index (χ1n) is 10.7. The summed E-state index contributed by atoms with van der Waals surface area (Å²) in [6, 6.07) is 11.8. The van der Waals surface area contributed by atoms with Crippen LogP contribution in [-0.2, 0) is 9.59 Å². The van der Waals surface area contributed by atoms with Gasteiger partial charge in [-0.05, 0) is 54.4 Å². The summed E-state index contributed by atoms with van der Waals surface area (Å²) in [4.78, 5) is 27.5. The van der Waals surface area contributed by atoms with E-state index in [9.17, 15) is 33.0 Å². The number of anilines is 1. The summed E-state index contributed by atoms with van der Waals surface area (Å²) in [6.45, 7) is 1.70. The molecule has 2 N–H and O–H groups in total. The Labute approximate surface area is 213 Å². The fourth-order valence-corrected chi connectivity index (χ4v) is 4.51. The molecule has 0 aromatic heterocycles. The molecule has 0 radical (unpaired) electrons. The van der Waals surface area contributed by atoms with Crippen molar-refractivity contribution in [3.8, 4) is 17.2 Å². The van der Waals surface area contributed by atoms with E-state index in [1.54, 1.807) is 13.0 Å². The molecule has 0 bridgehead atoms. The van der Waals surface area contributed by atoms with E-state index in [0.717, 1.165) is 17.0 Å². The van der Waals surface area contributed by atoms with E-state index < -0.39 is 35.6 Å². The quantitative estimate of drug-likeness (QED) is 0.241. The summed E-state index contributed by atoms with van der Waals surface area (Å²) in [5.41, 5.74) is 0.523. The number of aliphatic hydroxyl groups is 1. The molecule has 0 spiro atoms. The first-order chi connectivity index (χ1) is 17.4. The van der Waals surface area contributed by atoms with Crippen LogP contribution in [0.3, 0.4) is 0 Å². The van der Waals surface area contributed by atoms with E-state index >= 15 is 0 Å². The molecule has 0 aliphatic carbocycles. The van der Waals surface area contributed by atoms with E-state index in [0.29, 0.717) is 11.1 Å². The number of hydrogen-bond acceptors (Lipinski definition) is 6. The summed E-state index contributed by atoms with van der Waals surface area (Å²) in [6.07, 6.45) is -4.98. The van der Waals surface area contributed by atoms with Crippen LogP contribution in [0.25, 0.3) is 5.76 Å². The minimum absolute atomic E-state index is 0.0448. The monoisotopic (exact) mass is 533 g/mol. The van der Waals surface area contributed by atoms with Gasteiger partial charge in [0.1, 0.15) is 23.0 Å². The summed E-state index contributed by atoms with van der Waals surface area (Å²) in [5, 5.41) is 21.2. The molecular formula is C26H19ClF3NO6. The third kappa shape index (κ3) is 5.05. The highest BCUT2D eigenvalue weighted by Gasteiger charge is 2.47. The van der Waals surface area contributed by atoms with Crippen LogP contribution in [0.4, 0.5) is 18.9 Å². The average Bonchev–Trinajstić information content (AvgIpc) is 3.08. The zero-order chi connectivity index (χ0) is 27.1. The van der Waals surface area contributed by atoms with E-state index in [4.69, 9.17) is 16.3 Å². The Kier molecular flexibility index (Phi) is 6.79. The van der Waals surface area contributed by atoms with Crippen molar-refractivity contribution in [2.75, 3.05) is 12.0 Å². The van der Waals surface area contributed by atoms with Gasteiger partial charge >= 0.3 is 6.36 Å². The van der Waals surface area contributed by atoms with E-state index in [-0.39, 0.29) is 33.3 Å². The molecule has 192 valence electrons. The second-order valence-electron chi connectivity index (χ2n) is 8.13. The van der Waals surface area contributed by atoms with Gasteiger partial charge in [0.25, 0.3) is 11.7 Å². The Morgan fingerprint density at radius 1 is 1.05 bits per heavy atom. The standard InChI is InChI=1S/C26H19ClF3NO6/c1-13-10-18(24(36-2)19(27)11-13)22(33)20-21(14-6-8-16(32)9-7-14)31(25(35)23(20)34)15-4-3-5-17(12-15)37-26(28,29)30/h3-12,21,32-33H,1-2H3/b22-20+. The molecule has 7 nitrogen and oxygen atoms in total. The number of methoxy groups -OCH3 is 1. The number of aromatic hydroxyl groups is 1. The third-order valence-corrected chi connectivity index (χ3v) is 5.91. The summed E-state index contributed by atoms with van der Waals surface area (Å²) in [5.74, 6) is -3.43. The van der Waals surface area contributed by atoms with Gasteiger partial charge < -0.3 is 19.7 Å². The molecular weight excluding hydrogens is 515 g/mol. The summed E-state index contributed by atoms with van der Waals surface area (Å²) >= 11 is 6.26. The first-order valence-corrected chi connectivity index (χ1v) is 11.1. The lowest BCUT2D eigenvalue weighted by molar-refractivity contribution is -0.274. The number of alkyl halides is 3. The average molecular weight is 534 g/mol. The highest BCUT2D eigenvalue weighted by molar-refractivity contribution is 6.51. The van der Waals surface area contributed by atoms with E-state index in [1.807, 2.05) is 0 Å². The van der Waals surface area contributed by atoms with Gasteiger partial charge in [-0.3, -0.25) is 14.5 Å². The van der Waals surface area contributed by atoms with Crippen molar-refractivity contribution < 1.29 is 42.4 Å². The number of nitrogens with zero attached hydrogens (tertiary/aromatic N) is 1. The highest BCUT2D eigenvalue weighted by Crippen LogP contribution is 2.45. The molecule has 4 rings (SSSR count). The number of aliphatic hydroxyl groups excluding tert-OH is 1. The van der Waals surface area contributed by atoms with Gasteiger partial charge in [-0.1, -0.05) is 29.8 Å². The molecule has 1 heterocycles. The largest absolute Gasteiger partial charge is 0.573 e. The topological polar surface area (TPSA) is 96.3 Å². The maximum Gasteiger partial charge on any atom is 0.573 e. The smallest absolute Gasteiger partial charge is 0.508 e. The molecule has 11 heteroatoms. The minimum atomic E-state index is -4.98. The molecule has 1 fully saturated rings. The first kappa shape index (κ1) is 25.9. The number of ether oxygens (including phenoxy) is 2. The zero-order valence-electron chi connectivity index (χ0n) is 19.3. The van der Waals surface area contributed by atoms with Gasteiger partial charge in [-0.2, -0.15) is 0 Å². The van der Waals surface area contributed by atoms with Crippen LogP contribution in [0, 0.1) is 6.92 Å². The Hall–Kier alpha value is -4.18. The van der Waals surface area contributed by atoms with E-state index in [1.165, 1.54) is 49.6 Å². The van der Waals surface area contributed by atoms with Gasteiger partial charge in [-0.15, -0.1) is 13.2 Å².